The van der Waals surface area contributed by atoms with Crippen molar-refractivity contribution in [2.75, 3.05) is 0 Å². The Morgan fingerprint density at radius 2 is 2.11 bits per heavy atom. The SMILES string of the molecule is Cc1cccc(C2CC(NCc3ccc(Br)s3)C2)c1. The van der Waals surface area contributed by atoms with Crippen LogP contribution in [0.2, 0.25) is 0 Å². The average Bonchev–Trinajstić information content (AvgIpc) is 2.73. The lowest BCUT2D eigenvalue weighted by molar-refractivity contribution is 0.290. The highest BCUT2D eigenvalue weighted by molar-refractivity contribution is 9.11. The summed E-state index contributed by atoms with van der Waals surface area (Å²) in [6, 6.07) is 13.9. The second kappa shape index (κ2) is 5.78. The summed E-state index contributed by atoms with van der Waals surface area (Å²) in [5.41, 5.74) is 2.88. The summed E-state index contributed by atoms with van der Waals surface area (Å²) in [4.78, 5) is 1.41. The molecule has 0 aliphatic heterocycles. The molecular weight excluding hydrogens is 318 g/mol. The van der Waals surface area contributed by atoms with Gasteiger partial charge in [-0.3, -0.25) is 0 Å². The molecule has 3 heteroatoms. The molecule has 1 aliphatic rings. The van der Waals surface area contributed by atoms with Crippen LogP contribution in [0.15, 0.2) is 40.2 Å². The van der Waals surface area contributed by atoms with E-state index in [9.17, 15) is 0 Å². The molecule has 1 heterocycles. The maximum atomic E-state index is 3.65. The predicted molar refractivity (Wildman–Crippen MR) is 85.8 cm³/mol. The molecule has 0 atom stereocenters. The fraction of sp³-hybridized carbons (Fsp3) is 0.375. The Kier molecular flexibility index (Phi) is 4.06. The smallest absolute Gasteiger partial charge is 0.0701 e. The van der Waals surface area contributed by atoms with Gasteiger partial charge in [0.15, 0.2) is 0 Å². The summed E-state index contributed by atoms with van der Waals surface area (Å²) in [6.07, 6.45) is 2.55. The summed E-state index contributed by atoms with van der Waals surface area (Å²) in [6.45, 7) is 3.17. The first-order chi connectivity index (χ1) is 9.20. The molecule has 0 bridgehead atoms. The largest absolute Gasteiger partial charge is 0.309 e. The van der Waals surface area contributed by atoms with E-state index in [4.69, 9.17) is 0 Å². The Morgan fingerprint density at radius 1 is 1.26 bits per heavy atom. The highest BCUT2D eigenvalue weighted by atomic mass is 79.9. The van der Waals surface area contributed by atoms with Gasteiger partial charge < -0.3 is 5.32 Å². The quantitative estimate of drug-likeness (QED) is 0.841. The minimum atomic E-state index is 0.686. The van der Waals surface area contributed by atoms with Gasteiger partial charge in [0.1, 0.15) is 0 Å². The molecule has 0 unspecified atom stereocenters. The molecule has 1 aliphatic carbocycles. The highest BCUT2D eigenvalue weighted by Gasteiger charge is 2.29. The van der Waals surface area contributed by atoms with Gasteiger partial charge in [-0.25, -0.2) is 0 Å². The van der Waals surface area contributed by atoms with E-state index in [1.807, 2.05) is 11.3 Å². The van der Waals surface area contributed by atoms with Crippen molar-refractivity contribution in [2.45, 2.75) is 38.3 Å². The van der Waals surface area contributed by atoms with Crippen molar-refractivity contribution in [1.82, 2.24) is 5.32 Å². The van der Waals surface area contributed by atoms with Crippen LogP contribution in [-0.2, 0) is 6.54 Å². The molecule has 1 N–H and O–H groups in total. The zero-order valence-electron chi connectivity index (χ0n) is 11.0. The van der Waals surface area contributed by atoms with Crippen molar-refractivity contribution in [2.24, 2.45) is 0 Å². The molecule has 3 rings (SSSR count). The lowest BCUT2D eigenvalue weighted by Crippen LogP contribution is -2.39. The Bertz CT molecular complexity index is 557. The van der Waals surface area contributed by atoms with E-state index >= 15 is 0 Å². The zero-order valence-corrected chi connectivity index (χ0v) is 13.4. The second-order valence-electron chi connectivity index (χ2n) is 5.37. The number of benzene rings is 1. The number of thiophene rings is 1. The third kappa shape index (κ3) is 3.28. The minimum Gasteiger partial charge on any atom is -0.309 e. The predicted octanol–water partition coefficient (Wildman–Crippen LogP) is 4.85. The molecule has 19 heavy (non-hydrogen) atoms. The maximum absolute atomic E-state index is 3.65. The molecule has 0 saturated heterocycles. The van der Waals surface area contributed by atoms with E-state index in [1.54, 1.807) is 0 Å². The topological polar surface area (TPSA) is 12.0 Å². The van der Waals surface area contributed by atoms with Crippen LogP contribution in [0.5, 0.6) is 0 Å². The van der Waals surface area contributed by atoms with E-state index in [0.717, 1.165) is 12.5 Å². The van der Waals surface area contributed by atoms with Gasteiger partial charge in [-0.05, 0) is 59.3 Å². The van der Waals surface area contributed by atoms with Crippen LogP contribution in [0, 0.1) is 6.92 Å². The molecule has 1 aromatic carbocycles. The Morgan fingerprint density at radius 3 is 2.79 bits per heavy atom. The third-order valence-electron chi connectivity index (χ3n) is 3.85. The van der Waals surface area contributed by atoms with Gasteiger partial charge in [0, 0.05) is 17.5 Å². The number of rotatable bonds is 4. The van der Waals surface area contributed by atoms with Gasteiger partial charge in [0.25, 0.3) is 0 Å². The van der Waals surface area contributed by atoms with Gasteiger partial charge in [0.2, 0.25) is 0 Å². The number of hydrogen-bond donors (Lipinski definition) is 1. The van der Waals surface area contributed by atoms with Crippen LogP contribution in [-0.4, -0.2) is 6.04 Å². The van der Waals surface area contributed by atoms with Crippen LogP contribution in [0.1, 0.15) is 34.8 Å². The van der Waals surface area contributed by atoms with Gasteiger partial charge in [-0.2, -0.15) is 0 Å². The molecule has 1 aromatic heterocycles. The standard InChI is InChI=1S/C16H18BrNS/c1-11-3-2-4-12(7-11)13-8-14(9-13)18-10-15-5-6-16(17)19-15/h2-7,13-14,18H,8-10H2,1H3. The van der Waals surface area contributed by atoms with Crippen molar-refractivity contribution in [3.63, 3.8) is 0 Å². The lowest BCUT2D eigenvalue weighted by Gasteiger charge is -2.36. The molecule has 1 fully saturated rings. The van der Waals surface area contributed by atoms with Crippen molar-refractivity contribution in [3.05, 3.63) is 56.2 Å². The molecular formula is C16H18BrNS. The van der Waals surface area contributed by atoms with Crippen LogP contribution in [0.4, 0.5) is 0 Å². The van der Waals surface area contributed by atoms with Gasteiger partial charge in [-0.15, -0.1) is 11.3 Å². The maximum Gasteiger partial charge on any atom is 0.0701 e. The zero-order chi connectivity index (χ0) is 13.2. The summed E-state index contributed by atoms with van der Waals surface area (Å²) in [5, 5.41) is 3.65. The highest BCUT2D eigenvalue weighted by Crippen LogP contribution is 2.37. The molecule has 2 aromatic rings. The molecule has 0 amide bonds. The van der Waals surface area contributed by atoms with Crippen molar-refractivity contribution < 1.29 is 0 Å². The minimum absolute atomic E-state index is 0.686. The number of hydrogen-bond acceptors (Lipinski definition) is 2. The molecule has 0 radical (unpaired) electrons. The lowest BCUT2D eigenvalue weighted by atomic mass is 9.75. The van der Waals surface area contributed by atoms with Crippen LogP contribution < -0.4 is 5.32 Å². The van der Waals surface area contributed by atoms with Crippen molar-refractivity contribution in [3.8, 4) is 0 Å². The number of nitrogens with one attached hydrogen (secondary N) is 1. The van der Waals surface area contributed by atoms with Gasteiger partial charge >= 0.3 is 0 Å². The number of aryl methyl sites for hydroxylation is 1. The molecule has 100 valence electrons. The van der Waals surface area contributed by atoms with E-state index in [-0.39, 0.29) is 0 Å². The molecule has 1 saturated carbocycles. The molecule has 0 spiro atoms. The van der Waals surface area contributed by atoms with Gasteiger partial charge in [-0.1, -0.05) is 29.8 Å². The third-order valence-corrected chi connectivity index (χ3v) is 5.47. The number of halogens is 1. The average molecular weight is 336 g/mol. The summed E-state index contributed by atoms with van der Waals surface area (Å²) in [5.74, 6) is 0.757. The van der Waals surface area contributed by atoms with Crippen molar-refractivity contribution >= 4 is 27.3 Å². The summed E-state index contributed by atoms with van der Waals surface area (Å²) in [7, 11) is 0. The van der Waals surface area contributed by atoms with Crippen LogP contribution >= 0.6 is 27.3 Å². The molecule has 1 nitrogen and oxygen atoms in total. The first-order valence-corrected chi connectivity index (χ1v) is 8.36. The van der Waals surface area contributed by atoms with Crippen LogP contribution in [0.25, 0.3) is 0 Å². The summed E-state index contributed by atoms with van der Waals surface area (Å²) < 4.78 is 1.22. The van der Waals surface area contributed by atoms with Crippen molar-refractivity contribution in [1.29, 1.82) is 0 Å². The van der Waals surface area contributed by atoms with E-state index in [0.29, 0.717) is 6.04 Å². The van der Waals surface area contributed by atoms with E-state index in [2.05, 4.69) is 64.6 Å². The second-order valence-corrected chi connectivity index (χ2v) is 7.91. The summed E-state index contributed by atoms with van der Waals surface area (Å²) >= 11 is 5.33. The Labute approximate surface area is 127 Å². The monoisotopic (exact) mass is 335 g/mol. The first-order valence-electron chi connectivity index (χ1n) is 6.75. The first kappa shape index (κ1) is 13.3. The Hall–Kier alpha value is -0.640. The van der Waals surface area contributed by atoms with E-state index in [1.165, 1.54) is 32.6 Å². The normalized spacial score (nSPS) is 22.2. The fourth-order valence-electron chi connectivity index (χ4n) is 2.67. The van der Waals surface area contributed by atoms with Crippen LogP contribution in [0.3, 0.4) is 0 Å². The van der Waals surface area contributed by atoms with E-state index < -0.39 is 0 Å². The fourth-order valence-corrected chi connectivity index (χ4v) is 4.11. The Balaban J connectivity index is 1.48. The van der Waals surface area contributed by atoms with Gasteiger partial charge in [0.05, 0.1) is 3.79 Å².